The van der Waals surface area contributed by atoms with Crippen molar-refractivity contribution in [3.63, 3.8) is 0 Å². The third-order valence-electron chi connectivity index (χ3n) is 4.41. The number of ether oxygens (including phenoxy) is 2. The molecule has 5 heteroatoms. The van der Waals surface area contributed by atoms with Gasteiger partial charge in [-0.25, -0.2) is 9.59 Å². The van der Waals surface area contributed by atoms with Gasteiger partial charge in [0.05, 0.1) is 19.8 Å². The number of carbonyl (C=O) groups is 3. The normalized spacial score (nSPS) is 34.7. The Morgan fingerprint density at radius 3 is 2.21 bits per heavy atom. The van der Waals surface area contributed by atoms with E-state index in [0.29, 0.717) is 0 Å². The quantitative estimate of drug-likeness (QED) is 0.415. The highest BCUT2D eigenvalue weighted by molar-refractivity contribution is 6.25. The second-order valence-corrected chi connectivity index (χ2v) is 5.14. The number of hydrogen-bond acceptors (Lipinski definition) is 5. The molecular weight excluding hydrogens is 248 g/mol. The summed E-state index contributed by atoms with van der Waals surface area (Å²) < 4.78 is 9.38. The van der Waals surface area contributed by atoms with Crippen molar-refractivity contribution in [2.75, 3.05) is 14.2 Å². The largest absolute Gasteiger partial charge is 0.466 e. The summed E-state index contributed by atoms with van der Waals surface area (Å²) in [7, 11) is 2.46. The highest BCUT2D eigenvalue weighted by Gasteiger charge is 2.58. The SMILES string of the molecule is COC(=O)C1=C(C(=O)OC)[C@@H]2[C@H](C1=O)[C@H]1C=C[C@@H]2C1. The Morgan fingerprint density at radius 2 is 1.63 bits per heavy atom. The van der Waals surface area contributed by atoms with E-state index in [1.807, 2.05) is 12.2 Å². The second-order valence-electron chi connectivity index (χ2n) is 5.14. The lowest BCUT2D eigenvalue weighted by atomic mass is 9.82. The van der Waals surface area contributed by atoms with Crippen molar-refractivity contribution in [2.24, 2.45) is 23.7 Å². The maximum atomic E-state index is 12.4. The van der Waals surface area contributed by atoms with Gasteiger partial charge in [-0.2, -0.15) is 0 Å². The van der Waals surface area contributed by atoms with Crippen LogP contribution in [0.4, 0.5) is 0 Å². The predicted octanol–water partition coefficient (Wildman–Crippen LogP) is 0.650. The van der Waals surface area contributed by atoms with Crippen LogP contribution >= 0.6 is 0 Å². The van der Waals surface area contributed by atoms with Gasteiger partial charge >= 0.3 is 11.9 Å². The van der Waals surface area contributed by atoms with Gasteiger partial charge in [-0.1, -0.05) is 12.2 Å². The Balaban J connectivity index is 2.12. The van der Waals surface area contributed by atoms with Crippen molar-refractivity contribution < 1.29 is 23.9 Å². The van der Waals surface area contributed by atoms with E-state index < -0.39 is 11.9 Å². The number of hydrogen-bond donors (Lipinski definition) is 0. The van der Waals surface area contributed by atoms with E-state index >= 15 is 0 Å². The molecule has 1 fully saturated rings. The summed E-state index contributed by atoms with van der Waals surface area (Å²) in [5.74, 6) is -1.84. The molecule has 1 saturated carbocycles. The zero-order valence-electron chi connectivity index (χ0n) is 10.7. The molecule has 3 aliphatic carbocycles. The summed E-state index contributed by atoms with van der Waals surface area (Å²) >= 11 is 0. The standard InChI is InChI=1S/C14H14O5/c1-18-13(16)10-8-6-3-4-7(5-6)9(8)12(15)11(10)14(17)19-2/h3-4,6-9H,5H2,1-2H3/t6-,7+,8+,9-/m1/s1. The van der Waals surface area contributed by atoms with Crippen LogP contribution in [0.1, 0.15) is 6.42 Å². The molecule has 0 saturated heterocycles. The smallest absolute Gasteiger partial charge is 0.342 e. The van der Waals surface area contributed by atoms with Gasteiger partial charge in [-0.3, -0.25) is 4.79 Å². The van der Waals surface area contributed by atoms with Crippen LogP contribution in [0.2, 0.25) is 0 Å². The lowest BCUT2D eigenvalue weighted by Gasteiger charge is -2.20. The molecule has 0 radical (unpaired) electrons. The van der Waals surface area contributed by atoms with Gasteiger partial charge in [0.2, 0.25) is 0 Å². The summed E-state index contributed by atoms with van der Waals surface area (Å²) in [6, 6.07) is 0. The minimum absolute atomic E-state index is 0.109. The van der Waals surface area contributed by atoms with Gasteiger partial charge in [-0.15, -0.1) is 0 Å². The Bertz CT molecular complexity index is 542. The summed E-state index contributed by atoms with van der Waals surface area (Å²) in [4.78, 5) is 36.1. The van der Waals surface area contributed by atoms with Gasteiger partial charge in [0.1, 0.15) is 5.57 Å². The minimum Gasteiger partial charge on any atom is -0.466 e. The fourth-order valence-corrected chi connectivity index (χ4v) is 3.70. The van der Waals surface area contributed by atoms with Gasteiger partial charge in [-0.05, 0) is 18.3 Å². The first-order chi connectivity index (χ1) is 9.10. The fraction of sp³-hybridized carbons (Fsp3) is 0.500. The number of esters is 2. The third-order valence-corrected chi connectivity index (χ3v) is 4.41. The van der Waals surface area contributed by atoms with E-state index in [1.54, 1.807) is 0 Å². The third kappa shape index (κ3) is 1.44. The molecule has 0 aromatic rings. The molecule has 0 aromatic heterocycles. The Morgan fingerprint density at radius 1 is 1.05 bits per heavy atom. The first-order valence-corrected chi connectivity index (χ1v) is 6.23. The number of rotatable bonds is 2. The van der Waals surface area contributed by atoms with E-state index in [1.165, 1.54) is 14.2 Å². The molecule has 5 nitrogen and oxygen atoms in total. The van der Waals surface area contributed by atoms with Crippen LogP contribution in [-0.4, -0.2) is 31.9 Å². The first-order valence-electron chi connectivity index (χ1n) is 6.23. The van der Waals surface area contributed by atoms with Crippen molar-refractivity contribution in [3.05, 3.63) is 23.3 Å². The maximum Gasteiger partial charge on any atom is 0.342 e. The van der Waals surface area contributed by atoms with Crippen LogP contribution in [-0.2, 0) is 23.9 Å². The van der Waals surface area contributed by atoms with Crippen LogP contribution in [0.15, 0.2) is 23.3 Å². The van der Waals surface area contributed by atoms with Gasteiger partial charge in [0, 0.05) is 11.8 Å². The summed E-state index contributed by atoms with van der Waals surface area (Å²) in [5.41, 5.74) is 0.101. The lowest BCUT2D eigenvalue weighted by molar-refractivity contribution is -0.140. The molecule has 19 heavy (non-hydrogen) atoms. The van der Waals surface area contributed by atoms with E-state index in [0.717, 1.165) is 6.42 Å². The van der Waals surface area contributed by atoms with Crippen molar-refractivity contribution >= 4 is 17.7 Å². The monoisotopic (exact) mass is 262 g/mol. The number of allylic oxidation sites excluding steroid dienone is 2. The van der Waals surface area contributed by atoms with E-state index in [4.69, 9.17) is 4.74 Å². The van der Waals surface area contributed by atoms with E-state index in [-0.39, 0.29) is 40.6 Å². The lowest BCUT2D eigenvalue weighted by Crippen LogP contribution is -2.24. The van der Waals surface area contributed by atoms with Gasteiger partial charge in [0.15, 0.2) is 5.78 Å². The van der Waals surface area contributed by atoms with Crippen molar-refractivity contribution in [3.8, 4) is 0 Å². The molecule has 0 heterocycles. The molecule has 0 aliphatic heterocycles. The fourth-order valence-electron chi connectivity index (χ4n) is 3.70. The second kappa shape index (κ2) is 4.05. The van der Waals surface area contributed by atoms with Crippen LogP contribution in [0, 0.1) is 23.7 Å². The minimum atomic E-state index is -0.737. The Labute approximate surface area is 110 Å². The molecule has 0 spiro atoms. The van der Waals surface area contributed by atoms with Crippen LogP contribution < -0.4 is 0 Å². The summed E-state index contributed by atoms with van der Waals surface area (Å²) in [6.45, 7) is 0. The molecule has 0 N–H and O–H groups in total. The number of fused-ring (bicyclic) bond motifs is 5. The zero-order chi connectivity index (χ0) is 13.7. The van der Waals surface area contributed by atoms with Crippen molar-refractivity contribution in [1.29, 1.82) is 0 Å². The topological polar surface area (TPSA) is 69.7 Å². The van der Waals surface area contributed by atoms with Crippen LogP contribution in [0.5, 0.6) is 0 Å². The van der Waals surface area contributed by atoms with Crippen LogP contribution in [0.3, 0.4) is 0 Å². The Hall–Kier alpha value is -1.91. The number of methoxy groups -OCH3 is 2. The molecule has 0 unspecified atom stereocenters. The maximum absolute atomic E-state index is 12.4. The first kappa shape index (κ1) is 12.1. The van der Waals surface area contributed by atoms with Crippen molar-refractivity contribution in [1.82, 2.24) is 0 Å². The molecule has 2 bridgehead atoms. The average Bonchev–Trinajstić information content (AvgIpc) is 3.08. The van der Waals surface area contributed by atoms with Crippen LogP contribution in [0.25, 0.3) is 0 Å². The number of ketones is 1. The van der Waals surface area contributed by atoms with Gasteiger partial charge < -0.3 is 9.47 Å². The highest BCUT2D eigenvalue weighted by atomic mass is 16.5. The number of carbonyl (C=O) groups excluding carboxylic acids is 3. The van der Waals surface area contributed by atoms with Gasteiger partial charge in [0.25, 0.3) is 0 Å². The van der Waals surface area contributed by atoms with E-state index in [9.17, 15) is 14.4 Å². The predicted molar refractivity (Wildman–Crippen MR) is 63.8 cm³/mol. The molecule has 100 valence electrons. The summed E-state index contributed by atoms with van der Waals surface area (Å²) in [6.07, 6.45) is 4.91. The molecule has 0 amide bonds. The molecule has 3 rings (SSSR count). The van der Waals surface area contributed by atoms with Crippen molar-refractivity contribution in [2.45, 2.75) is 6.42 Å². The number of Topliss-reactive ketones (excluding diaryl/α,β-unsaturated/α-hetero) is 1. The van der Waals surface area contributed by atoms with E-state index in [2.05, 4.69) is 4.74 Å². The highest BCUT2D eigenvalue weighted by Crippen LogP contribution is 2.56. The Kier molecular flexibility index (Phi) is 2.59. The summed E-state index contributed by atoms with van der Waals surface area (Å²) in [5, 5.41) is 0. The molecule has 4 atom stereocenters. The molecule has 0 aromatic carbocycles. The average molecular weight is 262 g/mol. The zero-order valence-corrected chi connectivity index (χ0v) is 10.7. The molecule has 3 aliphatic rings. The molecular formula is C14H14O5.